The van der Waals surface area contributed by atoms with Crippen LogP contribution in [0.3, 0.4) is 0 Å². The van der Waals surface area contributed by atoms with Crippen molar-refractivity contribution in [1.82, 2.24) is 0 Å². The van der Waals surface area contributed by atoms with Gasteiger partial charge in [-0.05, 0) is 23.6 Å². The molecule has 0 aliphatic rings. The van der Waals surface area contributed by atoms with Gasteiger partial charge in [-0.3, -0.25) is 4.79 Å². The minimum absolute atomic E-state index is 0.610. The zero-order valence-electron chi connectivity index (χ0n) is 9.26. The standard InChI is InChI=1S/C15H11NO/c16-10-14-7-3-1-5-12(14)9-13-6-2-4-8-15(13)11-17/h1-8,11H,9H2. The summed E-state index contributed by atoms with van der Waals surface area (Å²) < 4.78 is 0. The van der Waals surface area contributed by atoms with E-state index in [1.165, 1.54) is 0 Å². The summed E-state index contributed by atoms with van der Waals surface area (Å²) in [6.45, 7) is 0. The van der Waals surface area contributed by atoms with Gasteiger partial charge in [0.1, 0.15) is 6.29 Å². The Balaban J connectivity index is 2.38. The zero-order chi connectivity index (χ0) is 12.1. The van der Waals surface area contributed by atoms with Crippen molar-refractivity contribution in [2.75, 3.05) is 0 Å². The first-order valence-corrected chi connectivity index (χ1v) is 5.36. The van der Waals surface area contributed by atoms with Crippen molar-refractivity contribution in [3.8, 4) is 6.07 Å². The highest BCUT2D eigenvalue weighted by atomic mass is 16.1. The molecule has 0 heterocycles. The smallest absolute Gasteiger partial charge is 0.150 e. The molecule has 0 unspecified atom stereocenters. The first-order chi connectivity index (χ1) is 8.35. The minimum atomic E-state index is 0.610. The highest BCUT2D eigenvalue weighted by Gasteiger charge is 2.05. The number of rotatable bonds is 3. The molecule has 0 saturated carbocycles. The average molecular weight is 221 g/mol. The van der Waals surface area contributed by atoms with Gasteiger partial charge in [-0.15, -0.1) is 0 Å². The number of hydrogen-bond donors (Lipinski definition) is 0. The van der Waals surface area contributed by atoms with Crippen molar-refractivity contribution >= 4 is 6.29 Å². The van der Waals surface area contributed by atoms with E-state index >= 15 is 0 Å². The molecule has 0 atom stereocenters. The molecule has 0 amide bonds. The second-order valence-electron chi connectivity index (χ2n) is 3.76. The molecular formula is C15H11NO. The largest absolute Gasteiger partial charge is 0.298 e. The molecule has 0 spiro atoms. The summed E-state index contributed by atoms with van der Waals surface area (Å²) in [4.78, 5) is 10.9. The normalized spacial score (nSPS) is 9.59. The fourth-order valence-corrected chi connectivity index (χ4v) is 1.80. The molecule has 0 N–H and O–H groups in total. The molecule has 0 radical (unpaired) electrons. The Hall–Kier alpha value is -2.40. The van der Waals surface area contributed by atoms with E-state index in [0.717, 1.165) is 17.4 Å². The molecule has 0 bridgehead atoms. The van der Waals surface area contributed by atoms with Crippen molar-refractivity contribution in [1.29, 1.82) is 5.26 Å². The molecule has 2 heteroatoms. The lowest BCUT2D eigenvalue weighted by molar-refractivity contribution is 0.112. The molecule has 17 heavy (non-hydrogen) atoms. The molecule has 0 fully saturated rings. The van der Waals surface area contributed by atoms with Crippen LogP contribution in [0.4, 0.5) is 0 Å². The summed E-state index contributed by atoms with van der Waals surface area (Å²) in [6, 6.07) is 17.1. The first kappa shape index (κ1) is 11.1. The lowest BCUT2D eigenvalue weighted by atomic mass is 9.97. The van der Waals surface area contributed by atoms with Gasteiger partial charge in [0.05, 0.1) is 11.6 Å². The molecule has 0 aliphatic carbocycles. The van der Waals surface area contributed by atoms with Gasteiger partial charge in [0.15, 0.2) is 0 Å². The fraction of sp³-hybridized carbons (Fsp3) is 0.0667. The third-order valence-corrected chi connectivity index (χ3v) is 2.70. The van der Waals surface area contributed by atoms with Crippen molar-refractivity contribution < 1.29 is 4.79 Å². The second kappa shape index (κ2) is 5.09. The summed E-state index contributed by atoms with van der Waals surface area (Å²) >= 11 is 0. The van der Waals surface area contributed by atoms with Gasteiger partial charge in [-0.25, -0.2) is 0 Å². The van der Waals surface area contributed by atoms with E-state index in [2.05, 4.69) is 6.07 Å². The summed E-state index contributed by atoms with van der Waals surface area (Å²) in [5.41, 5.74) is 3.24. The van der Waals surface area contributed by atoms with Gasteiger partial charge in [0.25, 0.3) is 0 Å². The Morgan fingerprint density at radius 2 is 1.65 bits per heavy atom. The Kier molecular flexibility index (Phi) is 3.32. The molecule has 2 aromatic carbocycles. The lowest BCUT2D eigenvalue weighted by Crippen LogP contribution is -1.96. The number of carbonyl (C=O) groups excluding carboxylic acids is 1. The van der Waals surface area contributed by atoms with Crippen LogP contribution in [0.1, 0.15) is 27.0 Å². The van der Waals surface area contributed by atoms with E-state index in [9.17, 15) is 4.79 Å². The number of nitriles is 1. The summed E-state index contributed by atoms with van der Waals surface area (Å²) in [7, 11) is 0. The fourth-order valence-electron chi connectivity index (χ4n) is 1.80. The maximum Gasteiger partial charge on any atom is 0.150 e. The van der Waals surface area contributed by atoms with Crippen LogP contribution in [-0.2, 0) is 6.42 Å². The highest BCUT2D eigenvalue weighted by molar-refractivity contribution is 5.77. The van der Waals surface area contributed by atoms with Crippen LogP contribution in [0.15, 0.2) is 48.5 Å². The third kappa shape index (κ3) is 2.40. The molecule has 0 saturated heterocycles. The van der Waals surface area contributed by atoms with Crippen LogP contribution in [0.25, 0.3) is 0 Å². The highest BCUT2D eigenvalue weighted by Crippen LogP contribution is 2.16. The molecular weight excluding hydrogens is 210 g/mol. The maximum atomic E-state index is 10.9. The minimum Gasteiger partial charge on any atom is -0.298 e. The molecule has 0 aromatic heterocycles. The van der Waals surface area contributed by atoms with E-state index in [4.69, 9.17) is 5.26 Å². The van der Waals surface area contributed by atoms with Crippen LogP contribution in [-0.4, -0.2) is 6.29 Å². The van der Waals surface area contributed by atoms with Crippen molar-refractivity contribution in [3.05, 3.63) is 70.8 Å². The van der Waals surface area contributed by atoms with Crippen LogP contribution in [0.2, 0.25) is 0 Å². The quantitative estimate of drug-likeness (QED) is 0.747. The number of carbonyl (C=O) groups is 1. The van der Waals surface area contributed by atoms with Gasteiger partial charge >= 0.3 is 0 Å². The Morgan fingerprint density at radius 1 is 1.00 bits per heavy atom. The summed E-state index contributed by atoms with van der Waals surface area (Å²) in [5, 5.41) is 9.00. The van der Waals surface area contributed by atoms with E-state index in [1.807, 2.05) is 36.4 Å². The monoisotopic (exact) mass is 221 g/mol. The van der Waals surface area contributed by atoms with Gasteiger partial charge in [-0.1, -0.05) is 42.5 Å². The van der Waals surface area contributed by atoms with Gasteiger partial charge in [-0.2, -0.15) is 5.26 Å². The Labute approximate surface area is 100 Å². The van der Waals surface area contributed by atoms with Crippen LogP contribution >= 0.6 is 0 Å². The average Bonchev–Trinajstić information content (AvgIpc) is 2.40. The van der Waals surface area contributed by atoms with E-state index < -0.39 is 0 Å². The number of benzene rings is 2. The number of aldehydes is 1. The van der Waals surface area contributed by atoms with Crippen LogP contribution < -0.4 is 0 Å². The molecule has 2 rings (SSSR count). The summed E-state index contributed by atoms with van der Waals surface area (Å²) in [6.07, 6.45) is 1.46. The van der Waals surface area contributed by atoms with Crippen LogP contribution in [0, 0.1) is 11.3 Å². The molecule has 2 aromatic rings. The van der Waals surface area contributed by atoms with Gasteiger partial charge < -0.3 is 0 Å². The van der Waals surface area contributed by atoms with Crippen LogP contribution in [0.5, 0.6) is 0 Å². The predicted octanol–water partition coefficient (Wildman–Crippen LogP) is 2.96. The van der Waals surface area contributed by atoms with Crippen molar-refractivity contribution in [2.24, 2.45) is 0 Å². The van der Waals surface area contributed by atoms with Crippen molar-refractivity contribution in [3.63, 3.8) is 0 Å². The summed E-state index contributed by atoms with van der Waals surface area (Å²) in [5.74, 6) is 0. The number of nitrogens with zero attached hydrogens (tertiary/aromatic N) is 1. The SMILES string of the molecule is N#Cc1ccccc1Cc1ccccc1C=O. The Morgan fingerprint density at radius 3 is 2.35 bits per heavy atom. The number of hydrogen-bond acceptors (Lipinski definition) is 2. The van der Waals surface area contributed by atoms with Gasteiger partial charge in [0.2, 0.25) is 0 Å². The molecule has 2 nitrogen and oxygen atoms in total. The van der Waals surface area contributed by atoms with Crippen molar-refractivity contribution in [2.45, 2.75) is 6.42 Å². The van der Waals surface area contributed by atoms with E-state index in [0.29, 0.717) is 17.5 Å². The predicted molar refractivity (Wildman–Crippen MR) is 65.8 cm³/mol. The second-order valence-corrected chi connectivity index (χ2v) is 3.76. The molecule has 82 valence electrons. The Bertz CT molecular complexity index is 581. The molecule has 0 aliphatic heterocycles. The maximum absolute atomic E-state index is 10.9. The topological polar surface area (TPSA) is 40.9 Å². The lowest BCUT2D eigenvalue weighted by Gasteiger charge is -2.06. The first-order valence-electron chi connectivity index (χ1n) is 5.36. The van der Waals surface area contributed by atoms with E-state index in [-0.39, 0.29) is 0 Å². The third-order valence-electron chi connectivity index (χ3n) is 2.70. The van der Waals surface area contributed by atoms with E-state index in [1.54, 1.807) is 12.1 Å². The zero-order valence-corrected chi connectivity index (χ0v) is 9.26. The van der Waals surface area contributed by atoms with Gasteiger partial charge in [0, 0.05) is 5.56 Å².